The predicted octanol–water partition coefficient (Wildman–Crippen LogP) is 6.72. The van der Waals surface area contributed by atoms with E-state index in [1.165, 1.54) is 22.9 Å². The van der Waals surface area contributed by atoms with E-state index in [4.69, 9.17) is 16.3 Å². The molecule has 3 aromatic rings. The summed E-state index contributed by atoms with van der Waals surface area (Å²) in [5.74, 6) is -0.759. The van der Waals surface area contributed by atoms with Crippen LogP contribution in [0.2, 0.25) is 5.02 Å². The van der Waals surface area contributed by atoms with Gasteiger partial charge in [-0.15, -0.1) is 0 Å². The number of anilines is 1. The molecule has 2 aromatic carbocycles. The SMILES string of the molecule is Cc1cc(Cl)ccc1Oc1cc(NC(=O)C(C)Cn2nc(C(F)(F)F)cc2C2CC2)cc([N+](=O)[O-])c1. The van der Waals surface area contributed by atoms with Gasteiger partial charge in [-0.25, -0.2) is 0 Å². The highest BCUT2D eigenvalue weighted by atomic mass is 35.5. The zero-order valence-corrected chi connectivity index (χ0v) is 20.1. The van der Waals surface area contributed by atoms with Gasteiger partial charge in [0.25, 0.3) is 5.69 Å². The largest absolute Gasteiger partial charge is 0.457 e. The van der Waals surface area contributed by atoms with Gasteiger partial charge in [0.1, 0.15) is 11.5 Å². The Morgan fingerprint density at radius 3 is 2.61 bits per heavy atom. The number of nitrogens with one attached hydrogen (secondary N) is 1. The highest BCUT2D eigenvalue weighted by Crippen LogP contribution is 2.42. The number of ether oxygens (including phenoxy) is 1. The van der Waals surface area contributed by atoms with Crippen LogP contribution in [0.1, 0.15) is 42.6 Å². The zero-order chi connectivity index (χ0) is 26.2. The number of hydrogen-bond acceptors (Lipinski definition) is 5. The molecule has 4 rings (SSSR count). The number of rotatable bonds is 8. The fourth-order valence-corrected chi connectivity index (χ4v) is 3.93. The van der Waals surface area contributed by atoms with E-state index in [9.17, 15) is 28.1 Å². The number of carbonyl (C=O) groups is 1. The summed E-state index contributed by atoms with van der Waals surface area (Å²) in [6, 6.07) is 9.76. The minimum absolute atomic E-state index is 0.00309. The summed E-state index contributed by atoms with van der Waals surface area (Å²) >= 11 is 5.96. The summed E-state index contributed by atoms with van der Waals surface area (Å²) in [7, 11) is 0. The highest BCUT2D eigenvalue weighted by molar-refractivity contribution is 6.30. The fourth-order valence-electron chi connectivity index (χ4n) is 3.71. The molecule has 1 fully saturated rings. The number of benzene rings is 2. The molecule has 190 valence electrons. The van der Waals surface area contributed by atoms with Crippen LogP contribution < -0.4 is 10.1 Å². The van der Waals surface area contributed by atoms with Gasteiger partial charge in [0.05, 0.1) is 29.1 Å². The number of nitro groups is 1. The van der Waals surface area contributed by atoms with Crippen LogP contribution in [0.3, 0.4) is 0 Å². The summed E-state index contributed by atoms with van der Waals surface area (Å²) in [4.78, 5) is 23.7. The van der Waals surface area contributed by atoms with E-state index in [0.29, 0.717) is 22.0 Å². The lowest BCUT2D eigenvalue weighted by Gasteiger charge is -2.15. The van der Waals surface area contributed by atoms with Crippen LogP contribution in [0.5, 0.6) is 11.5 Å². The summed E-state index contributed by atoms with van der Waals surface area (Å²) in [6.45, 7) is 3.24. The number of halogens is 4. The number of hydrogen-bond donors (Lipinski definition) is 1. The van der Waals surface area contributed by atoms with Crippen molar-refractivity contribution in [3.63, 3.8) is 0 Å². The van der Waals surface area contributed by atoms with Crippen LogP contribution in [0.15, 0.2) is 42.5 Å². The Kier molecular flexibility index (Phi) is 6.94. The van der Waals surface area contributed by atoms with Gasteiger partial charge in [-0.3, -0.25) is 19.6 Å². The summed E-state index contributed by atoms with van der Waals surface area (Å²) in [5, 5.41) is 18.2. The first-order chi connectivity index (χ1) is 16.9. The molecule has 1 saturated carbocycles. The predicted molar refractivity (Wildman–Crippen MR) is 126 cm³/mol. The van der Waals surface area contributed by atoms with E-state index in [1.54, 1.807) is 32.0 Å². The number of alkyl halides is 3. The maximum atomic E-state index is 13.2. The van der Waals surface area contributed by atoms with Gasteiger partial charge in [0.15, 0.2) is 5.69 Å². The summed E-state index contributed by atoms with van der Waals surface area (Å²) in [5.41, 5.74) is -0.0278. The molecule has 1 heterocycles. The van der Waals surface area contributed by atoms with Crippen LogP contribution in [-0.2, 0) is 17.5 Å². The number of aryl methyl sites for hydroxylation is 1. The molecule has 1 N–H and O–H groups in total. The van der Waals surface area contributed by atoms with E-state index in [1.807, 2.05) is 0 Å². The molecule has 36 heavy (non-hydrogen) atoms. The van der Waals surface area contributed by atoms with Crippen molar-refractivity contribution in [2.75, 3.05) is 5.32 Å². The van der Waals surface area contributed by atoms with Crippen LogP contribution >= 0.6 is 11.6 Å². The Morgan fingerprint density at radius 1 is 1.28 bits per heavy atom. The second kappa shape index (κ2) is 9.81. The molecule has 8 nitrogen and oxygen atoms in total. The van der Waals surface area contributed by atoms with Crippen molar-refractivity contribution >= 4 is 28.9 Å². The van der Waals surface area contributed by atoms with E-state index in [2.05, 4.69) is 10.4 Å². The topological polar surface area (TPSA) is 99.3 Å². The monoisotopic (exact) mass is 522 g/mol. The van der Waals surface area contributed by atoms with Crippen LogP contribution in [0.25, 0.3) is 0 Å². The summed E-state index contributed by atoms with van der Waals surface area (Å²) < 4.78 is 46.5. The fraction of sp³-hybridized carbons (Fsp3) is 0.333. The lowest BCUT2D eigenvalue weighted by atomic mass is 10.1. The van der Waals surface area contributed by atoms with E-state index in [0.717, 1.165) is 18.9 Å². The minimum atomic E-state index is -4.58. The Morgan fingerprint density at radius 2 is 2.00 bits per heavy atom. The number of nitrogens with zero attached hydrogens (tertiary/aromatic N) is 3. The molecule has 1 aromatic heterocycles. The molecular weight excluding hydrogens is 501 g/mol. The average molecular weight is 523 g/mol. The van der Waals surface area contributed by atoms with Gasteiger partial charge in [0.2, 0.25) is 5.91 Å². The maximum absolute atomic E-state index is 13.2. The normalized spacial score (nSPS) is 14.4. The highest BCUT2D eigenvalue weighted by Gasteiger charge is 2.38. The third-order valence-corrected chi connectivity index (χ3v) is 5.96. The molecule has 1 aliphatic carbocycles. The van der Waals surface area contributed by atoms with Gasteiger partial charge in [0, 0.05) is 28.8 Å². The number of carbonyl (C=O) groups excluding carboxylic acids is 1. The molecule has 1 atom stereocenters. The Bertz CT molecular complexity index is 1320. The van der Waals surface area contributed by atoms with Crippen LogP contribution in [-0.4, -0.2) is 20.6 Å². The van der Waals surface area contributed by atoms with Gasteiger partial charge in [-0.05, 0) is 49.6 Å². The first-order valence-corrected chi connectivity index (χ1v) is 11.5. The second-order valence-electron chi connectivity index (χ2n) is 8.78. The van der Waals surface area contributed by atoms with Crippen molar-refractivity contribution in [3.05, 3.63) is 74.6 Å². The van der Waals surface area contributed by atoms with E-state index >= 15 is 0 Å². The molecular formula is C24H22ClF3N4O4. The summed E-state index contributed by atoms with van der Waals surface area (Å²) in [6.07, 6.45) is -3.04. The van der Waals surface area contributed by atoms with Gasteiger partial charge < -0.3 is 10.1 Å². The maximum Gasteiger partial charge on any atom is 0.435 e. The second-order valence-corrected chi connectivity index (χ2v) is 9.22. The van der Waals surface area contributed by atoms with Crippen molar-refractivity contribution < 1.29 is 27.6 Å². The van der Waals surface area contributed by atoms with Gasteiger partial charge in [-0.1, -0.05) is 18.5 Å². The molecule has 0 saturated heterocycles. The Labute approximate surface area is 209 Å². The third-order valence-electron chi connectivity index (χ3n) is 5.73. The molecule has 1 amide bonds. The third kappa shape index (κ3) is 5.96. The van der Waals surface area contributed by atoms with Gasteiger partial charge >= 0.3 is 6.18 Å². The molecule has 1 aliphatic rings. The number of aromatic nitrogens is 2. The molecule has 1 unspecified atom stereocenters. The number of amides is 1. The van der Waals surface area contributed by atoms with Crippen LogP contribution in [0, 0.1) is 23.0 Å². The van der Waals surface area contributed by atoms with Crippen molar-refractivity contribution in [2.45, 2.75) is 45.3 Å². The average Bonchev–Trinajstić information content (AvgIpc) is 3.54. The van der Waals surface area contributed by atoms with Gasteiger partial charge in [-0.2, -0.15) is 18.3 Å². The quantitative estimate of drug-likeness (QED) is 0.261. The number of non-ortho nitro benzene ring substituents is 1. The molecule has 0 bridgehead atoms. The Hall–Kier alpha value is -3.60. The van der Waals surface area contributed by atoms with E-state index in [-0.39, 0.29) is 29.6 Å². The van der Waals surface area contributed by atoms with E-state index < -0.39 is 28.6 Å². The molecule has 0 spiro atoms. The lowest BCUT2D eigenvalue weighted by molar-refractivity contribution is -0.384. The minimum Gasteiger partial charge on any atom is -0.457 e. The first kappa shape index (κ1) is 25.5. The molecule has 0 radical (unpaired) electrons. The standard InChI is InChI=1S/C24H22ClF3N4O4/c1-13-7-16(25)5-6-21(13)36-19-9-17(8-18(10-19)32(34)35)29-23(33)14(2)12-31-20(15-3-4-15)11-22(30-31)24(26,27)28/h5-11,14-15H,3-4,12H2,1-2H3,(H,29,33). The van der Waals surface area contributed by atoms with Crippen molar-refractivity contribution in [1.29, 1.82) is 0 Å². The zero-order valence-electron chi connectivity index (χ0n) is 19.3. The number of nitro benzene ring substituents is 1. The van der Waals surface area contributed by atoms with Crippen molar-refractivity contribution in [3.8, 4) is 11.5 Å². The van der Waals surface area contributed by atoms with Crippen molar-refractivity contribution in [1.82, 2.24) is 9.78 Å². The first-order valence-electron chi connectivity index (χ1n) is 11.1. The van der Waals surface area contributed by atoms with Crippen LogP contribution in [0.4, 0.5) is 24.5 Å². The lowest BCUT2D eigenvalue weighted by Crippen LogP contribution is -2.25. The molecule has 0 aliphatic heterocycles. The smallest absolute Gasteiger partial charge is 0.435 e. The van der Waals surface area contributed by atoms with Crippen molar-refractivity contribution in [2.24, 2.45) is 5.92 Å². The Balaban J connectivity index is 1.52. The molecule has 12 heteroatoms.